The van der Waals surface area contributed by atoms with Gasteiger partial charge in [-0.15, -0.1) is 0 Å². The van der Waals surface area contributed by atoms with Crippen LogP contribution in [0, 0.1) is 0 Å². The van der Waals surface area contributed by atoms with Crippen LogP contribution >= 0.6 is 0 Å². The van der Waals surface area contributed by atoms with Crippen molar-refractivity contribution in [1.82, 2.24) is 0 Å². The largest absolute Gasteiger partial charge is 0.507 e. The molecule has 3 rings (SSSR count). The number of aromatic hydroxyl groups is 1. The molecule has 0 aliphatic carbocycles. The zero-order chi connectivity index (χ0) is 22.8. The van der Waals surface area contributed by atoms with Crippen molar-refractivity contribution in [2.75, 3.05) is 28.4 Å². The highest BCUT2D eigenvalue weighted by Crippen LogP contribution is 2.47. The van der Waals surface area contributed by atoms with E-state index in [0.717, 1.165) is 11.1 Å². The topological polar surface area (TPSA) is 86.6 Å². The number of hydrogen-bond donors (Lipinski definition) is 2. The maximum Gasteiger partial charge on any atom is 0.172 e. The third-order valence-corrected chi connectivity index (χ3v) is 5.32. The number of phenolic OH excluding ortho intramolecular Hbond substituents is 1. The van der Waals surface area contributed by atoms with Crippen molar-refractivity contribution in [1.29, 1.82) is 0 Å². The summed E-state index contributed by atoms with van der Waals surface area (Å²) >= 11 is 0. The molecule has 168 valence electrons. The zero-order valence-corrected chi connectivity index (χ0v) is 18.9. The average Bonchev–Trinajstić information content (AvgIpc) is 2.76. The van der Waals surface area contributed by atoms with E-state index in [1.807, 2.05) is 12.1 Å². The zero-order valence-electron chi connectivity index (χ0n) is 18.9. The molecule has 2 aromatic carbocycles. The van der Waals surface area contributed by atoms with Crippen LogP contribution < -0.4 is 18.9 Å². The Morgan fingerprint density at radius 1 is 0.935 bits per heavy atom. The van der Waals surface area contributed by atoms with Gasteiger partial charge in [0, 0.05) is 29.2 Å². The maximum atomic E-state index is 10.6. The fourth-order valence-corrected chi connectivity index (χ4v) is 3.61. The third-order valence-electron chi connectivity index (χ3n) is 5.32. The van der Waals surface area contributed by atoms with Crippen LogP contribution in [0.3, 0.4) is 0 Å². The lowest BCUT2D eigenvalue weighted by atomic mass is 9.93. The van der Waals surface area contributed by atoms with Gasteiger partial charge in [-0.3, -0.25) is 0 Å². The first kappa shape index (κ1) is 22.6. The Morgan fingerprint density at radius 2 is 1.61 bits per heavy atom. The standard InChI is InChI=1S/C24H30O7/c1-24(2,26)10-9-15-19(28-4)13-17(25)16-12-21(30-6)22(31-23(15)16)14-7-8-18(27-3)20(11-14)29-5/h7-8,11,13,25-26H,9-10,12H2,1-6H3. The van der Waals surface area contributed by atoms with Gasteiger partial charge in [0.15, 0.2) is 17.3 Å². The second-order valence-corrected chi connectivity index (χ2v) is 8.00. The molecule has 1 aliphatic heterocycles. The number of aliphatic hydroxyl groups is 1. The molecule has 0 saturated heterocycles. The van der Waals surface area contributed by atoms with Gasteiger partial charge in [-0.1, -0.05) is 0 Å². The van der Waals surface area contributed by atoms with Crippen molar-refractivity contribution in [2.45, 2.75) is 38.7 Å². The lowest BCUT2D eigenvalue weighted by Gasteiger charge is -2.28. The van der Waals surface area contributed by atoms with E-state index < -0.39 is 5.60 Å². The van der Waals surface area contributed by atoms with Crippen LogP contribution in [0.2, 0.25) is 0 Å². The molecule has 0 spiro atoms. The van der Waals surface area contributed by atoms with Crippen LogP contribution in [0.4, 0.5) is 0 Å². The number of phenols is 1. The molecule has 0 saturated carbocycles. The molecule has 7 heteroatoms. The van der Waals surface area contributed by atoms with E-state index in [-0.39, 0.29) is 5.75 Å². The van der Waals surface area contributed by atoms with Crippen molar-refractivity contribution >= 4 is 5.76 Å². The van der Waals surface area contributed by atoms with E-state index in [0.29, 0.717) is 59.3 Å². The number of methoxy groups -OCH3 is 4. The SMILES string of the molecule is COC1=C(c2ccc(OC)c(OC)c2)Oc2c(c(O)cc(OC)c2CCC(C)(C)O)C1. The first-order valence-corrected chi connectivity index (χ1v) is 10.0. The average molecular weight is 430 g/mol. The Hall–Kier alpha value is -3.06. The van der Waals surface area contributed by atoms with Gasteiger partial charge in [0.1, 0.15) is 23.0 Å². The van der Waals surface area contributed by atoms with E-state index in [2.05, 4.69) is 0 Å². The summed E-state index contributed by atoms with van der Waals surface area (Å²) in [7, 11) is 6.26. The number of benzene rings is 2. The van der Waals surface area contributed by atoms with Gasteiger partial charge < -0.3 is 33.9 Å². The second kappa shape index (κ2) is 8.98. The van der Waals surface area contributed by atoms with Gasteiger partial charge >= 0.3 is 0 Å². The lowest BCUT2D eigenvalue weighted by Crippen LogP contribution is -2.20. The first-order valence-electron chi connectivity index (χ1n) is 10.0. The Labute approximate surface area is 182 Å². The van der Waals surface area contributed by atoms with Crippen LogP contribution in [0.25, 0.3) is 5.76 Å². The van der Waals surface area contributed by atoms with E-state index in [1.165, 1.54) is 0 Å². The quantitative estimate of drug-likeness (QED) is 0.653. The van der Waals surface area contributed by atoms with Gasteiger partial charge in [-0.25, -0.2) is 0 Å². The first-order chi connectivity index (χ1) is 14.7. The van der Waals surface area contributed by atoms with Crippen LogP contribution in [0.1, 0.15) is 37.0 Å². The summed E-state index contributed by atoms with van der Waals surface area (Å²) in [6, 6.07) is 7.05. The summed E-state index contributed by atoms with van der Waals surface area (Å²) in [6.45, 7) is 3.51. The summed E-state index contributed by atoms with van der Waals surface area (Å²) in [5.41, 5.74) is 1.29. The van der Waals surface area contributed by atoms with Crippen molar-refractivity contribution in [3.05, 3.63) is 46.7 Å². The molecule has 0 radical (unpaired) electrons. The normalized spacial score (nSPS) is 13.4. The highest BCUT2D eigenvalue weighted by Gasteiger charge is 2.30. The van der Waals surface area contributed by atoms with Gasteiger partial charge in [0.2, 0.25) is 0 Å². The van der Waals surface area contributed by atoms with Gasteiger partial charge in [0.05, 0.1) is 34.0 Å². The summed E-state index contributed by atoms with van der Waals surface area (Å²) < 4.78 is 28.2. The van der Waals surface area contributed by atoms with Crippen LogP contribution in [-0.4, -0.2) is 44.3 Å². The van der Waals surface area contributed by atoms with Crippen LogP contribution in [-0.2, 0) is 17.6 Å². The smallest absolute Gasteiger partial charge is 0.172 e. The molecule has 1 heterocycles. The van der Waals surface area contributed by atoms with Gasteiger partial charge in [0.25, 0.3) is 0 Å². The summed E-state index contributed by atoms with van der Waals surface area (Å²) in [5.74, 6) is 3.36. The Balaban J connectivity index is 2.11. The van der Waals surface area contributed by atoms with Crippen molar-refractivity contribution in [3.63, 3.8) is 0 Å². The second-order valence-electron chi connectivity index (χ2n) is 8.00. The van der Waals surface area contributed by atoms with Crippen molar-refractivity contribution in [3.8, 4) is 28.7 Å². The third kappa shape index (κ3) is 4.66. The minimum absolute atomic E-state index is 0.0692. The van der Waals surface area contributed by atoms with E-state index in [9.17, 15) is 10.2 Å². The van der Waals surface area contributed by atoms with Crippen LogP contribution in [0.5, 0.6) is 28.7 Å². The summed E-state index contributed by atoms with van der Waals surface area (Å²) in [6.07, 6.45) is 1.36. The molecule has 0 fully saturated rings. The number of allylic oxidation sites excluding steroid dienone is 1. The fourth-order valence-electron chi connectivity index (χ4n) is 3.61. The van der Waals surface area contributed by atoms with E-state index in [4.69, 9.17) is 23.7 Å². The Bertz CT molecular complexity index is 986. The minimum Gasteiger partial charge on any atom is -0.507 e. The Kier molecular flexibility index (Phi) is 6.55. The Morgan fingerprint density at radius 3 is 2.19 bits per heavy atom. The van der Waals surface area contributed by atoms with Crippen molar-refractivity contribution in [2.24, 2.45) is 0 Å². The maximum absolute atomic E-state index is 10.6. The predicted molar refractivity (Wildman–Crippen MR) is 117 cm³/mol. The fraction of sp³-hybridized carbons (Fsp3) is 0.417. The highest BCUT2D eigenvalue weighted by molar-refractivity contribution is 5.72. The molecule has 2 N–H and O–H groups in total. The van der Waals surface area contributed by atoms with Crippen molar-refractivity contribution < 1.29 is 33.9 Å². The summed E-state index contributed by atoms with van der Waals surface area (Å²) in [4.78, 5) is 0. The molecular formula is C24H30O7. The number of fused-ring (bicyclic) bond motifs is 1. The van der Waals surface area contributed by atoms with Gasteiger partial charge in [-0.2, -0.15) is 0 Å². The molecule has 0 bridgehead atoms. The molecule has 0 atom stereocenters. The molecule has 1 aliphatic rings. The molecule has 0 aromatic heterocycles. The summed E-state index contributed by atoms with van der Waals surface area (Å²) in [5, 5.41) is 20.8. The van der Waals surface area contributed by atoms with E-state index >= 15 is 0 Å². The highest BCUT2D eigenvalue weighted by atomic mass is 16.5. The monoisotopic (exact) mass is 430 g/mol. The number of ether oxygens (including phenoxy) is 5. The lowest BCUT2D eigenvalue weighted by molar-refractivity contribution is 0.0711. The van der Waals surface area contributed by atoms with Gasteiger partial charge in [-0.05, 0) is 44.9 Å². The van der Waals surface area contributed by atoms with E-state index in [1.54, 1.807) is 54.4 Å². The predicted octanol–water partition coefficient (Wildman–Crippen LogP) is 4.07. The molecule has 2 aromatic rings. The number of hydrogen-bond acceptors (Lipinski definition) is 7. The number of rotatable bonds is 8. The minimum atomic E-state index is -0.857. The molecule has 31 heavy (non-hydrogen) atoms. The molecule has 0 amide bonds. The molecule has 7 nitrogen and oxygen atoms in total. The molecular weight excluding hydrogens is 400 g/mol. The molecule has 0 unspecified atom stereocenters. The van der Waals surface area contributed by atoms with Crippen LogP contribution in [0.15, 0.2) is 30.0 Å².